The van der Waals surface area contributed by atoms with Crippen LogP contribution >= 0.6 is 0 Å². The van der Waals surface area contributed by atoms with Crippen LogP contribution in [0.4, 0.5) is 0 Å². The summed E-state index contributed by atoms with van der Waals surface area (Å²) in [6.07, 6.45) is 0.653. The molecule has 0 aliphatic heterocycles. The third-order valence-electron chi connectivity index (χ3n) is 3.50. The van der Waals surface area contributed by atoms with Gasteiger partial charge in [0.1, 0.15) is 5.82 Å². The molecule has 0 atom stereocenters. The van der Waals surface area contributed by atoms with Gasteiger partial charge < -0.3 is 4.98 Å². The Hall–Kier alpha value is -1.90. The Balaban J connectivity index is 2.36. The molecule has 1 N–H and O–H groups in total. The predicted molar refractivity (Wildman–Crippen MR) is 82.3 cm³/mol. The lowest BCUT2D eigenvalue weighted by Crippen LogP contribution is -2.21. The molecule has 0 aliphatic carbocycles. The van der Waals surface area contributed by atoms with Crippen molar-refractivity contribution in [3.8, 4) is 0 Å². The Bertz CT molecular complexity index is 678. The second-order valence-electron chi connectivity index (χ2n) is 6.42. The van der Waals surface area contributed by atoms with Crippen LogP contribution in [0, 0.1) is 13.8 Å². The molecule has 1 aromatic carbocycles. The third kappa shape index (κ3) is 3.35. The van der Waals surface area contributed by atoms with Gasteiger partial charge in [-0.3, -0.25) is 4.79 Å². The highest BCUT2D eigenvalue weighted by Gasteiger charge is 2.17. The minimum absolute atomic E-state index is 0.0799. The molecule has 0 saturated carbocycles. The first-order chi connectivity index (χ1) is 9.25. The number of hydrogen-bond acceptors (Lipinski definition) is 2. The molecule has 3 nitrogen and oxygen atoms in total. The first-order valence-corrected chi connectivity index (χ1v) is 6.92. The van der Waals surface area contributed by atoms with E-state index in [0.717, 1.165) is 11.5 Å². The van der Waals surface area contributed by atoms with Gasteiger partial charge in [0, 0.05) is 17.9 Å². The maximum Gasteiger partial charge on any atom is 0.251 e. The van der Waals surface area contributed by atoms with Gasteiger partial charge >= 0.3 is 0 Å². The van der Waals surface area contributed by atoms with Crippen LogP contribution in [-0.4, -0.2) is 9.97 Å². The zero-order valence-electron chi connectivity index (χ0n) is 12.9. The van der Waals surface area contributed by atoms with Crippen LogP contribution in [0.2, 0.25) is 0 Å². The Morgan fingerprint density at radius 1 is 1.10 bits per heavy atom. The fourth-order valence-corrected chi connectivity index (χ4v) is 2.08. The Labute approximate surface area is 120 Å². The average molecular weight is 270 g/mol. The van der Waals surface area contributed by atoms with Crippen molar-refractivity contribution in [3.05, 3.63) is 62.8 Å². The van der Waals surface area contributed by atoms with E-state index in [1.54, 1.807) is 6.07 Å². The summed E-state index contributed by atoms with van der Waals surface area (Å²) in [7, 11) is 0. The molecule has 20 heavy (non-hydrogen) atoms. The van der Waals surface area contributed by atoms with E-state index in [4.69, 9.17) is 0 Å². The molecule has 0 aliphatic rings. The lowest BCUT2D eigenvalue weighted by Gasteiger charge is -2.18. The van der Waals surface area contributed by atoms with Crippen molar-refractivity contribution in [2.24, 2.45) is 0 Å². The first kappa shape index (κ1) is 14.5. The SMILES string of the molecule is Cc1ccc(Cc2nc(C(C)(C)C)cc(=O)[nH]2)cc1C. The summed E-state index contributed by atoms with van der Waals surface area (Å²) in [4.78, 5) is 19.2. The molecule has 0 unspecified atom stereocenters. The quantitative estimate of drug-likeness (QED) is 0.910. The zero-order chi connectivity index (χ0) is 14.9. The molecule has 0 saturated heterocycles. The van der Waals surface area contributed by atoms with Crippen LogP contribution in [0.1, 0.15) is 49.0 Å². The third-order valence-corrected chi connectivity index (χ3v) is 3.50. The number of hydrogen-bond donors (Lipinski definition) is 1. The maximum atomic E-state index is 11.8. The van der Waals surface area contributed by atoms with Gasteiger partial charge in [-0.25, -0.2) is 4.98 Å². The van der Waals surface area contributed by atoms with E-state index >= 15 is 0 Å². The summed E-state index contributed by atoms with van der Waals surface area (Å²) in [6, 6.07) is 7.94. The average Bonchev–Trinajstić information content (AvgIpc) is 2.32. The van der Waals surface area contributed by atoms with Gasteiger partial charge in [0.15, 0.2) is 0 Å². The lowest BCUT2D eigenvalue weighted by atomic mass is 9.92. The Morgan fingerprint density at radius 2 is 1.80 bits per heavy atom. The summed E-state index contributed by atoms with van der Waals surface area (Å²) in [5.41, 5.74) is 4.34. The van der Waals surface area contributed by atoms with Crippen molar-refractivity contribution in [1.29, 1.82) is 0 Å². The second-order valence-corrected chi connectivity index (χ2v) is 6.42. The minimum Gasteiger partial charge on any atom is -0.310 e. The van der Waals surface area contributed by atoms with Crippen molar-refractivity contribution < 1.29 is 0 Å². The molecule has 3 heteroatoms. The number of rotatable bonds is 2. The normalized spacial score (nSPS) is 11.7. The predicted octanol–water partition coefficient (Wildman–Crippen LogP) is 3.28. The fraction of sp³-hybridized carbons (Fsp3) is 0.412. The molecule has 1 aromatic heterocycles. The van der Waals surface area contributed by atoms with Crippen LogP contribution in [0.25, 0.3) is 0 Å². The number of nitrogens with zero attached hydrogens (tertiary/aromatic N) is 1. The molecular formula is C17H22N2O. The van der Waals surface area contributed by atoms with E-state index in [1.165, 1.54) is 16.7 Å². The fourth-order valence-electron chi connectivity index (χ4n) is 2.08. The van der Waals surface area contributed by atoms with Crippen LogP contribution in [0.5, 0.6) is 0 Å². The molecule has 0 spiro atoms. The largest absolute Gasteiger partial charge is 0.310 e. The molecule has 0 fully saturated rings. The summed E-state index contributed by atoms with van der Waals surface area (Å²) in [5, 5.41) is 0. The van der Waals surface area contributed by atoms with E-state index in [9.17, 15) is 4.79 Å². The molecule has 2 rings (SSSR count). The van der Waals surface area contributed by atoms with E-state index in [0.29, 0.717) is 6.42 Å². The molecule has 0 radical (unpaired) electrons. The van der Waals surface area contributed by atoms with Crippen LogP contribution in [-0.2, 0) is 11.8 Å². The van der Waals surface area contributed by atoms with E-state index < -0.39 is 0 Å². The highest BCUT2D eigenvalue weighted by Crippen LogP contribution is 2.19. The lowest BCUT2D eigenvalue weighted by molar-refractivity contribution is 0.561. The van der Waals surface area contributed by atoms with Crippen molar-refractivity contribution in [2.75, 3.05) is 0 Å². The van der Waals surface area contributed by atoms with Crippen LogP contribution in [0.3, 0.4) is 0 Å². The van der Waals surface area contributed by atoms with Gasteiger partial charge in [-0.2, -0.15) is 0 Å². The zero-order valence-corrected chi connectivity index (χ0v) is 12.9. The second kappa shape index (κ2) is 5.23. The molecule has 2 aromatic rings. The Kier molecular flexibility index (Phi) is 3.80. The van der Waals surface area contributed by atoms with E-state index in [-0.39, 0.29) is 11.0 Å². The topological polar surface area (TPSA) is 45.8 Å². The van der Waals surface area contributed by atoms with Gasteiger partial charge in [0.25, 0.3) is 5.56 Å². The number of nitrogens with one attached hydrogen (secondary N) is 1. The molecule has 106 valence electrons. The van der Waals surface area contributed by atoms with Crippen molar-refractivity contribution in [2.45, 2.75) is 46.5 Å². The molecule has 0 bridgehead atoms. The Morgan fingerprint density at radius 3 is 2.40 bits per heavy atom. The number of aromatic amines is 1. The van der Waals surface area contributed by atoms with Gasteiger partial charge in [0.2, 0.25) is 0 Å². The smallest absolute Gasteiger partial charge is 0.251 e. The van der Waals surface area contributed by atoms with Crippen LogP contribution < -0.4 is 5.56 Å². The van der Waals surface area contributed by atoms with Crippen molar-refractivity contribution in [1.82, 2.24) is 9.97 Å². The standard InChI is InChI=1S/C17H22N2O/c1-11-6-7-13(8-12(11)2)9-15-18-14(17(3,4)5)10-16(20)19-15/h6-8,10H,9H2,1-5H3,(H,18,19,20). The molecule has 0 amide bonds. The van der Waals surface area contributed by atoms with Crippen molar-refractivity contribution in [3.63, 3.8) is 0 Å². The van der Waals surface area contributed by atoms with Crippen LogP contribution in [0.15, 0.2) is 29.1 Å². The number of benzene rings is 1. The van der Waals surface area contributed by atoms with Crippen molar-refractivity contribution >= 4 is 0 Å². The summed E-state index contributed by atoms with van der Waals surface area (Å²) >= 11 is 0. The summed E-state index contributed by atoms with van der Waals surface area (Å²) in [5.74, 6) is 0.727. The number of aryl methyl sites for hydroxylation is 2. The monoisotopic (exact) mass is 270 g/mol. The summed E-state index contributed by atoms with van der Waals surface area (Å²) < 4.78 is 0. The highest BCUT2D eigenvalue weighted by molar-refractivity contribution is 5.31. The van der Waals surface area contributed by atoms with Gasteiger partial charge in [0.05, 0.1) is 5.69 Å². The number of H-pyrrole nitrogens is 1. The highest BCUT2D eigenvalue weighted by atomic mass is 16.1. The molecular weight excluding hydrogens is 248 g/mol. The number of aromatic nitrogens is 2. The van der Waals surface area contributed by atoms with Gasteiger partial charge in [-0.05, 0) is 30.5 Å². The molecule has 1 heterocycles. The van der Waals surface area contributed by atoms with Gasteiger partial charge in [-0.1, -0.05) is 39.0 Å². The van der Waals surface area contributed by atoms with E-state index in [2.05, 4.69) is 62.8 Å². The van der Waals surface area contributed by atoms with E-state index in [1.807, 2.05) is 0 Å². The minimum atomic E-state index is -0.119. The maximum absolute atomic E-state index is 11.8. The van der Waals surface area contributed by atoms with Gasteiger partial charge in [-0.15, -0.1) is 0 Å². The first-order valence-electron chi connectivity index (χ1n) is 6.92. The summed E-state index contributed by atoms with van der Waals surface area (Å²) in [6.45, 7) is 10.4.